The van der Waals surface area contributed by atoms with Crippen molar-refractivity contribution >= 4 is 0 Å². The third kappa shape index (κ3) is 1.54. The Morgan fingerprint density at radius 2 is 1.89 bits per heavy atom. The van der Waals surface area contributed by atoms with Gasteiger partial charge in [-0.2, -0.15) is 0 Å². The van der Waals surface area contributed by atoms with Crippen molar-refractivity contribution in [2.45, 2.75) is 13.5 Å². The first-order valence-electron chi connectivity index (χ1n) is 3.08. The summed E-state index contributed by atoms with van der Waals surface area (Å²) in [7, 11) is 0. The van der Waals surface area contributed by atoms with Crippen LogP contribution in [0.4, 0.5) is 0 Å². The predicted octanol–water partition coefficient (Wildman–Crippen LogP) is 1.70. The Hall–Kier alpha value is -0.820. The summed E-state index contributed by atoms with van der Waals surface area (Å²) in [5, 5.41) is 0. The average Bonchev–Trinajstić information content (AvgIpc) is 1.90. The second kappa shape index (κ2) is 2.65. The third-order valence-electron chi connectivity index (χ3n) is 1.36. The molecule has 0 atom stereocenters. The van der Waals surface area contributed by atoms with Gasteiger partial charge in [-0.3, -0.25) is 0 Å². The molecule has 1 heteroatoms. The fourth-order valence-electron chi connectivity index (χ4n) is 0.724. The molecule has 0 spiro atoms. The van der Waals surface area contributed by atoms with E-state index in [-0.39, 0.29) is 1.43 Å². The molecule has 0 amide bonds. The van der Waals surface area contributed by atoms with E-state index in [0.717, 1.165) is 0 Å². The van der Waals surface area contributed by atoms with Crippen LogP contribution < -0.4 is 5.73 Å². The normalized spacial score (nSPS) is 9.56. The molecule has 0 saturated carbocycles. The van der Waals surface area contributed by atoms with Gasteiger partial charge in [0, 0.05) is 7.97 Å². The van der Waals surface area contributed by atoms with E-state index in [9.17, 15) is 0 Å². The summed E-state index contributed by atoms with van der Waals surface area (Å²) in [6.07, 6.45) is 0. The van der Waals surface area contributed by atoms with Crippen molar-refractivity contribution in [1.82, 2.24) is 0 Å². The zero-order valence-corrected chi connectivity index (χ0v) is 5.59. The minimum atomic E-state index is 0. The predicted molar refractivity (Wildman–Crippen MR) is 41.2 cm³/mol. The van der Waals surface area contributed by atoms with Crippen LogP contribution in [-0.4, -0.2) is 0 Å². The van der Waals surface area contributed by atoms with Gasteiger partial charge in [0.2, 0.25) is 0 Å². The van der Waals surface area contributed by atoms with Gasteiger partial charge in [0.1, 0.15) is 0 Å². The van der Waals surface area contributed by atoms with E-state index in [0.29, 0.717) is 6.54 Å². The molecule has 1 aromatic rings. The summed E-state index contributed by atoms with van der Waals surface area (Å²) < 4.78 is 0. The minimum absolute atomic E-state index is 0. The highest BCUT2D eigenvalue weighted by atomic mass is 14.5. The Morgan fingerprint density at radius 1 is 1.33 bits per heavy atom. The first kappa shape index (κ1) is 6.30. The van der Waals surface area contributed by atoms with Gasteiger partial charge in [0.25, 0.3) is 0 Å². The monoisotopic (exact) mass is 123 g/mol. The van der Waals surface area contributed by atoms with E-state index in [1.54, 1.807) is 0 Å². The van der Waals surface area contributed by atoms with Gasteiger partial charge in [-0.05, 0) is 12.5 Å². The summed E-state index contributed by atoms with van der Waals surface area (Å²) >= 11 is 0. The van der Waals surface area contributed by atoms with Crippen LogP contribution in [0.5, 0.6) is 0 Å². The van der Waals surface area contributed by atoms with E-state index in [1.165, 1.54) is 11.1 Å². The highest BCUT2D eigenvalue weighted by molar-refractivity contribution is 5.20. The van der Waals surface area contributed by atoms with Crippen molar-refractivity contribution in [3.8, 4) is 0 Å². The lowest BCUT2D eigenvalue weighted by Crippen LogP contribution is -1.94. The molecule has 0 aliphatic carbocycles. The molecule has 2 N–H and O–H groups in total. The molecular weight excluding hydrogens is 110 g/mol. The van der Waals surface area contributed by atoms with Gasteiger partial charge in [0.15, 0.2) is 0 Å². The van der Waals surface area contributed by atoms with Crippen LogP contribution in [0.25, 0.3) is 0 Å². The van der Waals surface area contributed by atoms with Crippen LogP contribution in [0.15, 0.2) is 24.3 Å². The zero-order valence-electron chi connectivity index (χ0n) is 5.59. The Morgan fingerprint density at radius 3 is 2.33 bits per heavy atom. The Kier molecular flexibility index (Phi) is 1.85. The number of nitrogens with two attached hydrogens (primary N) is 1. The average molecular weight is 123 g/mol. The molecule has 1 nitrogen and oxygen atoms in total. The molecule has 0 aromatic heterocycles. The molecular formula is C8H13N. The zero-order chi connectivity index (χ0) is 6.69. The Labute approximate surface area is 57.0 Å². The van der Waals surface area contributed by atoms with Crippen LogP contribution in [0.3, 0.4) is 0 Å². The summed E-state index contributed by atoms with van der Waals surface area (Å²) in [5.74, 6) is 0. The minimum Gasteiger partial charge on any atom is -0.326 e. The quantitative estimate of drug-likeness (QED) is 0.604. The Bertz CT molecular complexity index is 181. The second-order valence-electron chi connectivity index (χ2n) is 2.19. The molecule has 0 fully saturated rings. The number of aryl methyl sites for hydroxylation is 1. The SMILES string of the molecule is Cc1ccc(CN)cc1.[HH]. The summed E-state index contributed by atoms with van der Waals surface area (Å²) in [6, 6.07) is 8.25. The first-order valence-corrected chi connectivity index (χ1v) is 3.08. The lowest BCUT2D eigenvalue weighted by atomic mass is 10.2. The topological polar surface area (TPSA) is 26.0 Å². The molecule has 0 heterocycles. The van der Waals surface area contributed by atoms with E-state index >= 15 is 0 Å². The number of hydrogen-bond acceptors (Lipinski definition) is 1. The first-order chi connectivity index (χ1) is 4.33. The molecule has 0 saturated heterocycles. The third-order valence-corrected chi connectivity index (χ3v) is 1.36. The Balaban J connectivity index is 0.000000810. The van der Waals surface area contributed by atoms with Gasteiger partial charge >= 0.3 is 0 Å². The molecule has 1 aromatic carbocycles. The van der Waals surface area contributed by atoms with Crippen LogP contribution in [0.2, 0.25) is 0 Å². The summed E-state index contributed by atoms with van der Waals surface area (Å²) in [5.41, 5.74) is 7.88. The molecule has 0 radical (unpaired) electrons. The number of benzene rings is 1. The van der Waals surface area contributed by atoms with Crippen LogP contribution >= 0.6 is 0 Å². The maximum atomic E-state index is 5.40. The van der Waals surface area contributed by atoms with Crippen LogP contribution in [0.1, 0.15) is 12.6 Å². The fraction of sp³-hybridized carbons (Fsp3) is 0.250. The van der Waals surface area contributed by atoms with Crippen molar-refractivity contribution in [1.29, 1.82) is 0 Å². The highest BCUT2D eigenvalue weighted by Crippen LogP contribution is 2.00. The van der Waals surface area contributed by atoms with E-state index in [4.69, 9.17) is 5.73 Å². The van der Waals surface area contributed by atoms with E-state index in [2.05, 4.69) is 31.2 Å². The molecule has 50 valence electrons. The number of rotatable bonds is 1. The van der Waals surface area contributed by atoms with E-state index < -0.39 is 0 Å². The van der Waals surface area contributed by atoms with Crippen molar-refractivity contribution in [2.75, 3.05) is 0 Å². The molecule has 1 rings (SSSR count). The highest BCUT2D eigenvalue weighted by Gasteiger charge is 1.84. The van der Waals surface area contributed by atoms with E-state index in [1.807, 2.05) is 0 Å². The van der Waals surface area contributed by atoms with Gasteiger partial charge in [0.05, 0.1) is 0 Å². The number of hydrogen-bond donors (Lipinski definition) is 1. The maximum absolute atomic E-state index is 5.40. The van der Waals surface area contributed by atoms with Crippen LogP contribution in [0, 0.1) is 6.92 Å². The molecule has 0 unspecified atom stereocenters. The van der Waals surface area contributed by atoms with Crippen molar-refractivity contribution in [3.63, 3.8) is 0 Å². The van der Waals surface area contributed by atoms with Crippen molar-refractivity contribution in [3.05, 3.63) is 35.4 Å². The molecule has 9 heavy (non-hydrogen) atoms. The van der Waals surface area contributed by atoms with Gasteiger partial charge < -0.3 is 5.73 Å². The molecule has 0 bridgehead atoms. The summed E-state index contributed by atoms with van der Waals surface area (Å²) in [6.45, 7) is 2.71. The maximum Gasteiger partial charge on any atom is 0.0178 e. The smallest absolute Gasteiger partial charge is 0.0178 e. The lowest BCUT2D eigenvalue weighted by Gasteiger charge is -1.94. The fourth-order valence-corrected chi connectivity index (χ4v) is 0.724. The second-order valence-corrected chi connectivity index (χ2v) is 2.19. The lowest BCUT2D eigenvalue weighted by molar-refractivity contribution is 1.07. The van der Waals surface area contributed by atoms with Gasteiger partial charge in [-0.15, -0.1) is 0 Å². The largest absolute Gasteiger partial charge is 0.326 e. The van der Waals surface area contributed by atoms with Crippen LogP contribution in [-0.2, 0) is 6.54 Å². The summed E-state index contributed by atoms with van der Waals surface area (Å²) in [4.78, 5) is 0. The van der Waals surface area contributed by atoms with Crippen molar-refractivity contribution in [2.24, 2.45) is 5.73 Å². The standard InChI is InChI=1S/C8H11N.H2/c1-7-2-4-8(6-9)5-3-7;/h2-5H,6,9H2,1H3;1H. The molecule has 0 aliphatic heterocycles. The molecule has 0 aliphatic rings. The van der Waals surface area contributed by atoms with Crippen molar-refractivity contribution < 1.29 is 1.43 Å². The van der Waals surface area contributed by atoms with Gasteiger partial charge in [-0.1, -0.05) is 29.8 Å². The van der Waals surface area contributed by atoms with Gasteiger partial charge in [-0.25, -0.2) is 0 Å².